The van der Waals surface area contributed by atoms with Crippen molar-refractivity contribution in [3.05, 3.63) is 0 Å². The van der Waals surface area contributed by atoms with Gasteiger partial charge in [-0.2, -0.15) is 0 Å². The number of hydrogen-bond acceptors (Lipinski definition) is 0. The summed E-state index contributed by atoms with van der Waals surface area (Å²) in [6.07, 6.45) is 0. The summed E-state index contributed by atoms with van der Waals surface area (Å²) in [5.74, 6) is -1.46. The molecule has 0 nitrogen and oxygen atoms in total. The van der Waals surface area contributed by atoms with Crippen LogP contribution >= 0.6 is 39.7 Å². The van der Waals surface area contributed by atoms with Crippen molar-refractivity contribution in [2.45, 2.75) is 0 Å². The SMILES string of the molecule is Cl[PH+](Cl)Cl.[Ir]. The van der Waals surface area contributed by atoms with Crippen LogP contribution in [0.5, 0.6) is 0 Å². The van der Waals surface area contributed by atoms with E-state index in [1.807, 2.05) is 0 Å². The molecule has 0 aliphatic heterocycles. The Morgan fingerprint density at radius 1 is 1.00 bits per heavy atom. The van der Waals surface area contributed by atoms with Crippen LogP contribution in [-0.4, -0.2) is 0 Å². The van der Waals surface area contributed by atoms with Crippen molar-refractivity contribution in [2.24, 2.45) is 0 Å². The summed E-state index contributed by atoms with van der Waals surface area (Å²) < 4.78 is 0. The van der Waals surface area contributed by atoms with Gasteiger partial charge in [0.2, 0.25) is 0 Å². The third kappa shape index (κ3) is 24.4. The molecule has 0 aromatic heterocycles. The molecular formula is HCl3IrP+. The van der Waals surface area contributed by atoms with Crippen LogP contribution in [0.1, 0.15) is 0 Å². The van der Waals surface area contributed by atoms with Crippen molar-refractivity contribution in [1.29, 1.82) is 0 Å². The first kappa shape index (κ1) is 10.0. The third-order valence-electron chi connectivity index (χ3n) is 0. The third-order valence-corrected chi connectivity index (χ3v) is 0. The molecule has 0 spiro atoms. The molecule has 0 fully saturated rings. The zero-order valence-corrected chi connectivity index (χ0v) is 7.63. The quantitative estimate of drug-likeness (QED) is 0.599. The summed E-state index contributed by atoms with van der Waals surface area (Å²) in [7, 11) is 0. The zero-order chi connectivity index (χ0) is 3.58. The van der Waals surface area contributed by atoms with Crippen molar-refractivity contribution in [3.63, 3.8) is 0 Å². The Kier molecular flexibility index (Phi) is 11.9. The molecule has 0 rings (SSSR count). The maximum atomic E-state index is 4.91. The summed E-state index contributed by atoms with van der Waals surface area (Å²) in [6.45, 7) is 0. The van der Waals surface area contributed by atoms with Gasteiger partial charge in [-0.05, 0) is 0 Å². The predicted molar refractivity (Wildman–Crippen MR) is 25.9 cm³/mol. The average molecular weight is 331 g/mol. The second kappa shape index (κ2) is 5.95. The average Bonchev–Trinajstić information content (AvgIpc) is 0.811. The van der Waals surface area contributed by atoms with Gasteiger partial charge in [0.15, 0.2) is 0 Å². The van der Waals surface area contributed by atoms with Gasteiger partial charge < -0.3 is 0 Å². The van der Waals surface area contributed by atoms with Gasteiger partial charge in [-0.3, -0.25) is 0 Å². The summed E-state index contributed by atoms with van der Waals surface area (Å²) >= 11 is 14.7. The molecule has 0 aliphatic carbocycles. The van der Waals surface area contributed by atoms with Gasteiger partial charge in [-0.25, -0.2) is 0 Å². The van der Waals surface area contributed by atoms with Gasteiger partial charge in [0, 0.05) is 20.1 Å². The Labute approximate surface area is 59.6 Å². The van der Waals surface area contributed by atoms with Crippen LogP contribution < -0.4 is 0 Å². The van der Waals surface area contributed by atoms with E-state index in [2.05, 4.69) is 0 Å². The van der Waals surface area contributed by atoms with Crippen molar-refractivity contribution >= 4 is 39.7 Å². The van der Waals surface area contributed by atoms with E-state index in [4.69, 9.17) is 33.7 Å². The fourth-order valence-electron chi connectivity index (χ4n) is 0. The van der Waals surface area contributed by atoms with Gasteiger partial charge in [-0.15, -0.1) is 0 Å². The summed E-state index contributed by atoms with van der Waals surface area (Å²) in [6, 6.07) is 0. The predicted octanol–water partition coefficient (Wildman–Crippen LogP) is 2.66. The largest absolute Gasteiger partial charge is 0.296 e. The number of halogens is 3. The molecule has 0 aromatic rings. The van der Waals surface area contributed by atoms with Gasteiger partial charge >= 0.3 is 0 Å². The Hall–Kier alpha value is 1.95. The summed E-state index contributed by atoms with van der Waals surface area (Å²) in [5.41, 5.74) is 0. The summed E-state index contributed by atoms with van der Waals surface area (Å²) in [5, 5.41) is 0. The minimum Gasteiger partial charge on any atom is 0 e. The van der Waals surface area contributed by atoms with E-state index in [-0.39, 0.29) is 20.1 Å². The van der Waals surface area contributed by atoms with Crippen molar-refractivity contribution in [3.8, 4) is 0 Å². The van der Waals surface area contributed by atoms with E-state index >= 15 is 0 Å². The normalized spacial score (nSPS) is 7.20. The van der Waals surface area contributed by atoms with Crippen LogP contribution in [0.25, 0.3) is 0 Å². The molecule has 0 aromatic carbocycles. The second-order valence-corrected chi connectivity index (χ2v) is 5.79. The molecule has 0 saturated heterocycles. The first-order valence-corrected chi connectivity index (χ1v) is 5.10. The van der Waals surface area contributed by atoms with Crippen molar-refractivity contribution in [1.82, 2.24) is 0 Å². The molecule has 5 heteroatoms. The van der Waals surface area contributed by atoms with E-state index in [0.717, 1.165) is 0 Å². The van der Waals surface area contributed by atoms with Crippen LogP contribution in [0.3, 0.4) is 0 Å². The van der Waals surface area contributed by atoms with E-state index < -0.39 is 5.98 Å². The fraction of sp³-hybridized carbons (Fsp3) is 0. The molecule has 0 N–H and O–H groups in total. The van der Waals surface area contributed by atoms with E-state index in [1.54, 1.807) is 0 Å². The number of rotatable bonds is 0. The maximum Gasteiger partial charge on any atom is 0.296 e. The van der Waals surface area contributed by atoms with Gasteiger partial charge in [-0.1, -0.05) is 0 Å². The van der Waals surface area contributed by atoms with E-state index in [0.29, 0.717) is 0 Å². The molecule has 5 heavy (non-hydrogen) atoms. The molecule has 0 heterocycles. The monoisotopic (exact) mass is 330 g/mol. The smallest absolute Gasteiger partial charge is 0 e. The molecule has 0 amide bonds. The number of hydrogen-bond donors (Lipinski definition) is 0. The van der Waals surface area contributed by atoms with Gasteiger partial charge in [0.05, 0.1) is 0 Å². The fourth-order valence-corrected chi connectivity index (χ4v) is 0. The standard InChI is InChI=1S/Cl3P.Ir/c1-4(2)3;/p+1. The van der Waals surface area contributed by atoms with Gasteiger partial charge in [0.1, 0.15) is 33.7 Å². The van der Waals surface area contributed by atoms with Crippen molar-refractivity contribution < 1.29 is 20.1 Å². The Morgan fingerprint density at radius 3 is 1.00 bits per heavy atom. The first-order chi connectivity index (χ1) is 1.73. The topological polar surface area (TPSA) is 0 Å². The minimum atomic E-state index is -1.46. The van der Waals surface area contributed by atoms with Crippen LogP contribution in [0.15, 0.2) is 0 Å². The van der Waals surface area contributed by atoms with Gasteiger partial charge in [0.25, 0.3) is 5.98 Å². The molecule has 1 radical (unpaired) electrons. The zero-order valence-electron chi connectivity index (χ0n) is 1.97. The second-order valence-electron chi connectivity index (χ2n) is 0.214. The molecule has 0 saturated carbocycles. The van der Waals surface area contributed by atoms with Crippen LogP contribution in [-0.2, 0) is 20.1 Å². The summed E-state index contributed by atoms with van der Waals surface area (Å²) in [4.78, 5) is 0. The van der Waals surface area contributed by atoms with E-state index in [1.165, 1.54) is 0 Å². The van der Waals surface area contributed by atoms with Crippen molar-refractivity contribution in [2.75, 3.05) is 0 Å². The van der Waals surface area contributed by atoms with E-state index in [9.17, 15) is 0 Å². The Bertz CT molecular complexity index is 11.6. The van der Waals surface area contributed by atoms with Crippen LogP contribution in [0.4, 0.5) is 0 Å². The molecule has 0 atom stereocenters. The van der Waals surface area contributed by atoms with Crippen LogP contribution in [0, 0.1) is 0 Å². The Balaban J connectivity index is 0. The first-order valence-electron chi connectivity index (χ1n) is 0.567. The molecule has 35 valence electrons. The van der Waals surface area contributed by atoms with Crippen LogP contribution in [0.2, 0.25) is 0 Å². The Morgan fingerprint density at radius 2 is 1.00 bits per heavy atom. The molecule has 0 unspecified atom stereocenters. The molecule has 0 bridgehead atoms. The maximum absolute atomic E-state index is 4.91. The minimum absolute atomic E-state index is 0. The molecular weight excluding hydrogens is 330 g/mol. The molecule has 0 aliphatic rings.